The third-order valence-electron chi connectivity index (χ3n) is 3.23. The Morgan fingerprint density at radius 1 is 1.35 bits per heavy atom. The van der Waals surface area contributed by atoms with Crippen LogP contribution in [-0.4, -0.2) is 50.0 Å². The zero-order valence-corrected chi connectivity index (χ0v) is 11.9. The van der Waals surface area contributed by atoms with Gasteiger partial charge < -0.3 is 14.6 Å². The molecule has 0 aliphatic carbocycles. The second-order valence-corrected chi connectivity index (χ2v) is 4.70. The topological polar surface area (TPSA) is 41.9 Å². The van der Waals surface area contributed by atoms with Crippen molar-refractivity contribution in [2.75, 3.05) is 40.0 Å². The summed E-state index contributed by atoms with van der Waals surface area (Å²) in [5.74, 6) is 6.79. The molecule has 4 nitrogen and oxygen atoms in total. The summed E-state index contributed by atoms with van der Waals surface area (Å²) < 4.78 is 10.7. The van der Waals surface area contributed by atoms with Gasteiger partial charge in [-0.1, -0.05) is 17.9 Å². The van der Waals surface area contributed by atoms with Crippen molar-refractivity contribution in [1.82, 2.24) is 4.90 Å². The molecule has 0 aromatic heterocycles. The van der Waals surface area contributed by atoms with Crippen molar-refractivity contribution in [2.24, 2.45) is 0 Å². The largest absolute Gasteiger partial charge is 0.495 e. The first kappa shape index (κ1) is 14.9. The van der Waals surface area contributed by atoms with Gasteiger partial charge in [-0.15, -0.1) is 0 Å². The molecule has 1 aliphatic rings. The van der Waals surface area contributed by atoms with Gasteiger partial charge in [0.05, 0.1) is 32.5 Å². The number of aliphatic hydroxyl groups excluding tert-OH is 1. The van der Waals surface area contributed by atoms with Crippen molar-refractivity contribution < 1.29 is 14.6 Å². The highest BCUT2D eigenvalue weighted by atomic mass is 16.5. The lowest BCUT2D eigenvalue weighted by atomic mass is 10.1. The summed E-state index contributed by atoms with van der Waals surface area (Å²) in [5, 5.41) is 8.79. The Balaban J connectivity index is 2.10. The molecule has 108 valence electrons. The van der Waals surface area contributed by atoms with E-state index in [0.29, 0.717) is 6.42 Å². The summed E-state index contributed by atoms with van der Waals surface area (Å²) in [7, 11) is 1.65. The highest BCUT2D eigenvalue weighted by Gasteiger charge is 2.11. The fraction of sp³-hybridized carbons (Fsp3) is 0.500. The molecule has 0 amide bonds. The van der Waals surface area contributed by atoms with E-state index in [1.807, 2.05) is 6.07 Å². The molecule has 1 aromatic rings. The highest BCUT2D eigenvalue weighted by Crippen LogP contribution is 2.20. The first-order chi connectivity index (χ1) is 9.83. The number of morpholine rings is 1. The van der Waals surface area contributed by atoms with Crippen molar-refractivity contribution in [1.29, 1.82) is 0 Å². The Labute approximate surface area is 120 Å². The van der Waals surface area contributed by atoms with Gasteiger partial charge in [-0.2, -0.15) is 0 Å². The van der Waals surface area contributed by atoms with Crippen LogP contribution in [0.1, 0.15) is 17.5 Å². The zero-order valence-electron chi connectivity index (χ0n) is 11.9. The van der Waals surface area contributed by atoms with E-state index in [9.17, 15) is 0 Å². The molecule has 1 saturated heterocycles. The Hall–Kier alpha value is -1.54. The third-order valence-corrected chi connectivity index (χ3v) is 3.23. The fourth-order valence-electron chi connectivity index (χ4n) is 2.18. The molecule has 0 spiro atoms. The minimum absolute atomic E-state index is 0.0861. The molecule has 1 aliphatic heterocycles. The molecule has 1 N–H and O–H groups in total. The number of hydrogen-bond acceptors (Lipinski definition) is 4. The van der Waals surface area contributed by atoms with Crippen LogP contribution in [0.4, 0.5) is 0 Å². The maximum atomic E-state index is 8.79. The summed E-state index contributed by atoms with van der Waals surface area (Å²) in [5.41, 5.74) is 2.10. The van der Waals surface area contributed by atoms with Gasteiger partial charge in [0.15, 0.2) is 0 Å². The summed E-state index contributed by atoms with van der Waals surface area (Å²) in [6, 6.07) is 6.10. The number of ether oxygens (including phenoxy) is 2. The van der Waals surface area contributed by atoms with E-state index in [1.165, 1.54) is 5.56 Å². The van der Waals surface area contributed by atoms with E-state index in [0.717, 1.165) is 44.2 Å². The molecule has 1 aromatic carbocycles. The zero-order chi connectivity index (χ0) is 14.2. The van der Waals surface area contributed by atoms with E-state index < -0.39 is 0 Å². The summed E-state index contributed by atoms with van der Waals surface area (Å²) in [4.78, 5) is 2.37. The molecule has 4 heteroatoms. The molecule has 0 saturated carbocycles. The minimum atomic E-state index is 0.0861. The molecule has 2 rings (SSSR count). The molecule has 20 heavy (non-hydrogen) atoms. The third kappa shape index (κ3) is 4.24. The van der Waals surface area contributed by atoms with Gasteiger partial charge in [0.2, 0.25) is 0 Å². The number of nitrogens with zero attached hydrogens (tertiary/aromatic N) is 1. The van der Waals surface area contributed by atoms with Crippen molar-refractivity contribution in [3.05, 3.63) is 29.3 Å². The lowest BCUT2D eigenvalue weighted by Gasteiger charge is -2.26. The first-order valence-electron chi connectivity index (χ1n) is 6.90. The normalized spacial score (nSPS) is 15.5. The maximum absolute atomic E-state index is 8.79. The van der Waals surface area contributed by atoms with Crippen LogP contribution < -0.4 is 4.74 Å². The molecule has 1 fully saturated rings. The standard InChI is InChI=1S/C16H21NO3/c1-19-16-6-5-14(12-15(16)4-2-3-9-18)13-17-7-10-20-11-8-17/h5-6,12,18H,3,7-11,13H2,1H3. The van der Waals surface area contributed by atoms with Gasteiger partial charge in [0.25, 0.3) is 0 Å². The van der Waals surface area contributed by atoms with E-state index in [-0.39, 0.29) is 6.61 Å². The Morgan fingerprint density at radius 3 is 2.85 bits per heavy atom. The van der Waals surface area contributed by atoms with Crippen molar-refractivity contribution in [3.8, 4) is 17.6 Å². The second-order valence-electron chi connectivity index (χ2n) is 4.70. The van der Waals surface area contributed by atoms with Crippen molar-refractivity contribution >= 4 is 0 Å². The summed E-state index contributed by atoms with van der Waals surface area (Å²) >= 11 is 0. The fourth-order valence-corrected chi connectivity index (χ4v) is 2.18. The van der Waals surface area contributed by atoms with Gasteiger partial charge in [-0.3, -0.25) is 4.90 Å². The van der Waals surface area contributed by atoms with Crippen molar-refractivity contribution in [3.63, 3.8) is 0 Å². The smallest absolute Gasteiger partial charge is 0.134 e. The number of methoxy groups -OCH3 is 1. The predicted octanol–water partition coefficient (Wildman–Crippen LogP) is 1.26. The van der Waals surface area contributed by atoms with E-state index in [4.69, 9.17) is 14.6 Å². The van der Waals surface area contributed by atoms with E-state index in [2.05, 4.69) is 28.9 Å². The quantitative estimate of drug-likeness (QED) is 0.840. The van der Waals surface area contributed by atoms with Crippen LogP contribution in [0.3, 0.4) is 0 Å². The average molecular weight is 275 g/mol. The van der Waals surface area contributed by atoms with Crippen LogP contribution in [0.15, 0.2) is 18.2 Å². The molecule has 1 heterocycles. The Kier molecular flexibility index (Phi) is 5.87. The van der Waals surface area contributed by atoms with Crippen LogP contribution in [0.2, 0.25) is 0 Å². The van der Waals surface area contributed by atoms with Crippen LogP contribution in [0.5, 0.6) is 5.75 Å². The molecular formula is C16H21NO3. The first-order valence-corrected chi connectivity index (χ1v) is 6.90. The van der Waals surface area contributed by atoms with Crippen LogP contribution in [0.25, 0.3) is 0 Å². The molecule has 0 radical (unpaired) electrons. The van der Waals surface area contributed by atoms with Crippen LogP contribution in [0, 0.1) is 11.8 Å². The van der Waals surface area contributed by atoms with Crippen LogP contribution >= 0.6 is 0 Å². The second kappa shape index (κ2) is 7.91. The lowest BCUT2D eigenvalue weighted by Crippen LogP contribution is -2.35. The van der Waals surface area contributed by atoms with Gasteiger partial charge >= 0.3 is 0 Å². The predicted molar refractivity (Wildman–Crippen MR) is 77.7 cm³/mol. The summed E-state index contributed by atoms with van der Waals surface area (Å²) in [6.07, 6.45) is 0.483. The molecular weight excluding hydrogens is 254 g/mol. The van der Waals surface area contributed by atoms with E-state index >= 15 is 0 Å². The number of hydrogen-bond donors (Lipinski definition) is 1. The van der Waals surface area contributed by atoms with Gasteiger partial charge in [-0.05, 0) is 17.7 Å². The lowest BCUT2D eigenvalue weighted by molar-refractivity contribution is 0.0342. The highest BCUT2D eigenvalue weighted by molar-refractivity contribution is 5.48. The van der Waals surface area contributed by atoms with Gasteiger partial charge in [0, 0.05) is 26.1 Å². The van der Waals surface area contributed by atoms with Crippen molar-refractivity contribution in [2.45, 2.75) is 13.0 Å². The number of aliphatic hydroxyl groups is 1. The van der Waals surface area contributed by atoms with E-state index in [1.54, 1.807) is 7.11 Å². The maximum Gasteiger partial charge on any atom is 0.134 e. The van der Waals surface area contributed by atoms with Crippen LogP contribution in [-0.2, 0) is 11.3 Å². The number of rotatable bonds is 4. The number of benzene rings is 1. The molecule has 0 bridgehead atoms. The molecule has 0 atom stereocenters. The minimum Gasteiger partial charge on any atom is -0.495 e. The Bertz CT molecular complexity index is 484. The average Bonchev–Trinajstić information content (AvgIpc) is 2.49. The van der Waals surface area contributed by atoms with Gasteiger partial charge in [0.1, 0.15) is 5.75 Å². The monoisotopic (exact) mass is 275 g/mol. The molecule has 0 unspecified atom stereocenters. The SMILES string of the molecule is COc1ccc(CN2CCOCC2)cc1C#CCCO. The Morgan fingerprint density at radius 2 is 2.15 bits per heavy atom. The summed E-state index contributed by atoms with van der Waals surface area (Å²) in [6.45, 7) is 4.54. The van der Waals surface area contributed by atoms with Gasteiger partial charge in [-0.25, -0.2) is 0 Å².